The van der Waals surface area contributed by atoms with Crippen LogP contribution in [0.1, 0.15) is 39.5 Å². The van der Waals surface area contributed by atoms with Gasteiger partial charge in [0.1, 0.15) is 37.6 Å². The molecule has 0 fully saturated rings. The van der Waals surface area contributed by atoms with Crippen molar-refractivity contribution in [3.63, 3.8) is 0 Å². The molecule has 0 heterocycles. The van der Waals surface area contributed by atoms with E-state index in [9.17, 15) is 19.2 Å². The van der Waals surface area contributed by atoms with Crippen molar-refractivity contribution in [2.45, 2.75) is 50.7 Å². The summed E-state index contributed by atoms with van der Waals surface area (Å²) in [5.41, 5.74) is -2.69. The molecule has 0 aromatic carbocycles. The minimum Gasteiger partial charge on any atom is -0.459 e. The van der Waals surface area contributed by atoms with E-state index >= 15 is 0 Å². The molecule has 0 aromatic heterocycles. The largest absolute Gasteiger partial charge is 0.459 e. The van der Waals surface area contributed by atoms with Crippen LogP contribution in [0, 0.1) is 0 Å². The summed E-state index contributed by atoms with van der Waals surface area (Å²) < 4.78 is 27.4. The molecule has 0 atom stereocenters. The van der Waals surface area contributed by atoms with Crippen LogP contribution in [-0.2, 0) is 42.9 Å². The molecule has 0 aliphatic carbocycles. The molecule has 0 saturated carbocycles. The van der Waals surface area contributed by atoms with E-state index in [4.69, 9.17) is 23.7 Å². The number of carbonyl (C=O) groups excluding carboxylic acids is 4. The molecule has 0 aromatic rings. The molecule has 184 valence electrons. The highest BCUT2D eigenvalue weighted by atomic mass is 16.6. The van der Waals surface area contributed by atoms with E-state index in [-0.39, 0.29) is 39.3 Å². The van der Waals surface area contributed by atoms with Crippen LogP contribution in [0.3, 0.4) is 0 Å². The second kappa shape index (κ2) is 15.6. The molecule has 0 N–H and O–H groups in total. The molecule has 9 nitrogen and oxygen atoms in total. The maximum absolute atomic E-state index is 11.8. The summed E-state index contributed by atoms with van der Waals surface area (Å²) in [6.07, 6.45) is 5.65. The predicted molar refractivity (Wildman–Crippen MR) is 121 cm³/mol. The first-order valence-electron chi connectivity index (χ1n) is 10.5. The topological polar surface area (TPSA) is 114 Å². The van der Waals surface area contributed by atoms with Gasteiger partial charge in [0, 0.05) is 24.3 Å². The highest BCUT2D eigenvalue weighted by Gasteiger charge is 2.45. The molecule has 0 spiro atoms. The van der Waals surface area contributed by atoms with E-state index in [1.165, 1.54) is 0 Å². The summed E-state index contributed by atoms with van der Waals surface area (Å²) in [6.45, 7) is 16.0. The van der Waals surface area contributed by atoms with E-state index in [0.717, 1.165) is 24.3 Å². The third-order valence-electron chi connectivity index (χ3n) is 4.42. The number of hydrogen-bond acceptors (Lipinski definition) is 9. The molecular formula is C24H34O9. The number of rotatable bonds is 18. The van der Waals surface area contributed by atoms with Gasteiger partial charge in [-0.15, -0.1) is 0 Å². The van der Waals surface area contributed by atoms with Crippen LogP contribution < -0.4 is 0 Å². The first-order chi connectivity index (χ1) is 15.6. The van der Waals surface area contributed by atoms with Gasteiger partial charge in [0.2, 0.25) is 0 Å². The lowest BCUT2D eigenvalue weighted by molar-refractivity contribution is -0.235. The van der Waals surface area contributed by atoms with Crippen LogP contribution in [0.4, 0.5) is 0 Å². The highest BCUT2D eigenvalue weighted by molar-refractivity contribution is 5.82. The van der Waals surface area contributed by atoms with Crippen molar-refractivity contribution < 1.29 is 42.9 Å². The Bertz CT molecular complexity index is 615. The summed E-state index contributed by atoms with van der Waals surface area (Å²) in [4.78, 5) is 47.1. The quantitative estimate of drug-likeness (QED) is 0.171. The lowest BCUT2D eigenvalue weighted by Gasteiger charge is -2.42. The van der Waals surface area contributed by atoms with Crippen LogP contribution >= 0.6 is 0 Å². The number of ether oxygens (including phenoxy) is 5. The summed E-state index contributed by atoms with van der Waals surface area (Å²) in [5, 5.41) is 0. The Labute approximate surface area is 195 Å². The van der Waals surface area contributed by atoms with Gasteiger partial charge in [-0.1, -0.05) is 53.0 Å². The molecule has 0 aliphatic rings. The van der Waals surface area contributed by atoms with Gasteiger partial charge in [-0.3, -0.25) is 0 Å². The van der Waals surface area contributed by atoms with Crippen LogP contribution in [0.15, 0.2) is 50.6 Å². The van der Waals surface area contributed by atoms with E-state index in [2.05, 4.69) is 26.3 Å². The van der Waals surface area contributed by atoms with Gasteiger partial charge >= 0.3 is 23.9 Å². The van der Waals surface area contributed by atoms with Gasteiger partial charge in [-0.2, -0.15) is 0 Å². The molecule has 0 rings (SSSR count). The molecular weight excluding hydrogens is 432 g/mol. The van der Waals surface area contributed by atoms with Gasteiger partial charge in [0.05, 0.1) is 0 Å². The molecule has 0 aliphatic heterocycles. The molecule has 0 radical (unpaired) electrons. The van der Waals surface area contributed by atoms with Gasteiger partial charge in [0.15, 0.2) is 0 Å². The van der Waals surface area contributed by atoms with E-state index in [1.54, 1.807) is 0 Å². The Morgan fingerprint density at radius 1 is 0.576 bits per heavy atom. The second-order valence-electron chi connectivity index (χ2n) is 7.22. The number of esters is 4. The fourth-order valence-electron chi connectivity index (χ4n) is 3.01. The van der Waals surface area contributed by atoms with Gasteiger partial charge < -0.3 is 23.7 Å². The fourth-order valence-corrected chi connectivity index (χ4v) is 3.01. The second-order valence-corrected chi connectivity index (χ2v) is 7.22. The van der Waals surface area contributed by atoms with Crippen molar-refractivity contribution in [2.75, 3.05) is 26.4 Å². The van der Waals surface area contributed by atoms with Crippen molar-refractivity contribution in [3.8, 4) is 0 Å². The van der Waals surface area contributed by atoms with E-state index in [0.29, 0.717) is 12.8 Å². The lowest BCUT2D eigenvalue weighted by Crippen LogP contribution is -2.55. The SMILES string of the molecule is C=CC(=O)OCC(CCC)(COC(=O)C=C)OC(CCC)(COC(=O)C=C)COC(=O)C=C. The van der Waals surface area contributed by atoms with Crippen LogP contribution in [0.2, 0.25) is 0 Å². The highest BCUT2D eigenvalue weighted by Crippen LogP contribution is 2.31. The minimum atomic E-state index is -1.34. The van der Waals surface area contributed by atoms with E-state index in [1.807, 2.05) is 13.8 Å². The number of carbonyl (C=O) groups is 4. The van der Waals surface area contributed by atoms with Gasteiger partial charge in [0.25, 0.3) is 0 Å². The Balaban J connectivity index is 6.27. The van der Waals surface area contributed by atoms with E-state index < -0.39 is 35.1 Å². The Hall–Kier alpha value is -3.20. The zero-order valence-electron chi connectivity index (χ0n) is 19.5. The van der Waals surface area contributed by atoms with Crippen LogP contribution in [0.25, 0.3) is 0 Å². The van der Waals surface area contributed by atoms with Crippen LogP contribution in [-0.4, -0.2) is 61.5 Å². The predicted octanol–water partition coefficient (Wildman–Crippen LogP) is 3.00. The van der Waals surface area contributed by atoms with Crippen molar-refractivity contribution >= 4 is 23.9 Å². The summed E-state index contributed by atoms with van der Waals surface area (Å²) >= 11 is 0. The first-order valence-corrected chi connectivity index (χ1v) is 10.5. The smallest absolute Gasteiger partial charge is 0.330 e. The fraction of sp³-hybridized carbons (Fsp3) is 0.500. The average molecular weight is 467 g/mol. The number of hydrogen-bond donors (Lipinski definition) is 0. The first kappa shape index (κ1) is 29.8. The molecule has 0 amide bonds. The lowest BCUT2D eigenvalue weighted by atomic mass is 9.94. The molecule has 0 saturated heterocycles. The Kier molecular flexibility index (Phi) is 14.1. The monoisotopic (exact) mass is 466 g/mol. The molecule has 33 heavy (non-hydrogen) atoms. The standard InChI is InChI=1S/C24H34O9/c1-7-13-23(15-29-19(25)9-3,16-30-20(26)10-4)33-24(14-8-2,17-31-21(27)11-5)18-32-22(28)12-6/h9-12H,3-8,13-18H2,1-2H3. The van der Waals surface area contributed by atoms with Crippen molar-refractivity contribution in [1.29, 1.82) is 0 Å². The summed E-state index contributed by atoms with van der Waals surface area (Å²) in [5.74, 6) is -2.81. The minimum absolute atomic E-state index is 0.290. The molecule has 9 heteroatoms. The Morgan fingerprint density at radius 2 is 0.818 bits per heavy atom. The summed E-state index contributed by atoms with van der Waals surface area (Å²) in [7, 11) is 0. The third kappa shape index (κ3) is 11.3. The van der Waals surface area contributed by atoms with Gasteiger partial charge in [-0.05, 0) is 12.8 Å². The van der Waals surface area contributed by atoms with Crippen molar-refractivity contribution in [3.05, 3.63) is 50.6 Å². The van der Waals surface area contributed by atoms with Crippen LogP contribution in [0.5, 0.6) is 0 Å². The Morgan fingerprint density at radius 3 is 1.00 bits per heavy atom. The normalized spacial score (nSPS) is 11.0. The third-order valence-corrected chi connectivity index (χ3v) is 4.42. The van der Waals surface area contributed by atoms with Crippen molar-refractivity contribution in [2.24, 2.45) is 0 Å². The summed E-state index contributed by atoms with van der Waals surface area (Å²) in [6, 6.07) is 0. The maximum atomic E-state index is 11.8. The molecule has 0 unspecified atom stereocenters. The maximum Gasteiger partial charge on any atom is 0.330 e. The molecule has 0 bridgehead atoms. The average Bonchev–Trinajstić information content (AvgIpc) is 2.82. The zero-order valence-corrected chi connectivity index (χ0v) is 19.5. The van der Waals surface area contributed by atoms with Crippen molar-refractivity contribution in [1.82, 2.24) is 0 Å². The zero-order chi connectivity index (χ0) is 25.3. The van der Waals surface area contributed by atoms with Gasteiger partial charge in [-0.25, -0.2) is 19.2 Å².